The van der Waals surface area contributed by atoms with Crippen LogP contribution in [0.1, 0.15) is 23.0 Å². The number of ether oxygens (including phenoxy) is 3. The third-order valence-corrected chi connectivity index (χ3v) is 3.46. The number of carbonyl (C=O) groups is 1. The van der Waals surface area contributed by atoms with E-state index in [1.54, 1.807) is 13.1 Å². The smallest absolute Gasteiger partial charge is 0.387 e. The molecule has 136 valence electrons. The van der Waals surface area contributed by atoms with Gasteiger partial charge in [0.25, 0.3) is 0 Å². The fourth-order valence-electron chi connectivity index (χ4n) is 2.38. The predicted molar refractivity (Wildman–Crippen MR) is 88.6 cm³/mol. The molecule has 6 nitrogen and oxygen atoms in total. The lowest BCUT2D eigenvalue weighted by molar-refractivity contribution is -0.0514. The van der Waals surface area contributed by atoms with Gasteiger partial charge in [0, 0.05) is 12.4 Å². The van der Waals surface area contributed by atoms with E-state index in [-0.39, 0.29) is 30.3 Å². The summed E-state index contributed by atoms with van der Waals surface area (Å²) in [6.07, 6.45) is 3.59. The third-order valence-electron chi connectivity index (χ3n) is 3.46. The molecule has 0 spiro atoms. The maximum Gasteiger partial charge on any atom is 0.387 e. The number of hydrogen-bond acceptors (Lipinski definition) is 5. The van der Waals surface area contributed by atoms with Crippen molar-refractivity contribution in [1.82, 2.24) is 9.38 Å². The highest BCUT2D eigenvalue weighted by Crippen LogP contribution is 2.30. The Morgan fingerprint density at radius 3 is 2.81 bits per heavy atom. The van der Waals surface area contributed by atoms with Crippen molar-refractivity contribution < 1.29 is 27.8 Å². The first-order valence-electron chi connectivity index (χ1n) is 7.88. The van der Waals surface area contributed by atoms with Crippen LogP contribution in [-0.4, -0.2) is 28.6 Å². The molecule has 0 amide bonds. The third kappa shape index (κ3) is 4.08. The molecule has 0 bridgehead atoms. The van der Waals surface area contributed by atoms with Crippen LogP contribution in [0.2, 0.25) is 0 Å². The first-order valence-corrected chi connectivity index (χ1v) is 7.88. The van der Waals surface area contributed by atoms with E-state index in [2.05, 4.69) is 9.72 Å². The fourth-order valence-corrected chi connectivity index (χ4v) is 2.38. The zero-order valence-corrected chi connectivity index (χ0v) is 13.9. The molecule has 0 unspecified atom stereocenters. The summed E-state index contributed by atoms with van der Waals surface area (Å²) in [5.74, 6) is -0.708. The number of halogens is 2. The average Bonchev–Trinajstić information content (AvgIpc) is 3.04. The normalized spacial score (nSPS) is 10.9. The molecule has 0 N–H and O–H groups in total. The zero-order chi connectivity index (χ0) is 18.5. The van der Waals surface area contributed by atoms with Gasteiger partial charge >= 0.3 is 12.6 Å². The Hall–Kier alpha value is -3.16. The number of rotatable bonds is 7. The summed E-state index contributed by atoms with van der Waals surface area (Å²) in [5, 5.41) is 0. The maximum atomic E-state index is 12.4. The SMILES string of the molecule is CCOc1cc(C(=O)OCc2cn3ccccc3n2)ccc1OC(F)F. The Balaban J connectivity index is 1.71. The molecule has 0 saturated heterocycles. The van der Waals surface area contributed by atoms with Crippen molar-refractivity contribution in [3.05, 3.63) is 60.0 Å². The molecule has 0 aliphatic rings. The number of nitrogens with zero attached hydrogens (tertiary/aromatic N) is 2. The lowest BCUT2D eigenvalue weighted by Crippen LogP contribution is -2.08. The number of hydrogen-bond donors (Lipinski definition) is 0. The van der Waals surface area contributed by atoms with Crippen LogP contribution >= 0.6 is 0 Å². The van der Waals surface area contributed by atoms with Crippen LogP contribution in [0.4, 0.5) is 8.78 Å². The van der Waals surface area contributed by atoms with Gasteiger partial charge in [0.15, 0.2) is 11.5 Å². The molecule has 2 heterocycles. The minimum Gasteiger partial charge on any atom is -0.490 e. The number of carbonyl (C=O) groups excluding carboxylic acids is 1. The first kappa shape index (κ1) is 17.7. The molecule has 0 aliphatic heterocycles. The predicted octanol–water partition coefficient (Wildman–Crippen LogP) is 3.69. The van der Waals surface area contributed by atoms with Crippen molar-refractivity contribution in [2.24, 2.45) is 0 Å². The number of alkyl halides is 2. The van der Waals surface area contributed by atoms with Gasteiger partial charge in [0.1, 0.15) is 12.3 Å². The monoisotopic (exact) mass is 362 g/mol. The van der Waals surface area contributed by atoms with Gasteiger partial charge in [-0.15, -0.1) is 0 Å². The molecular formula is C18H16F2N2O4. The van der Waals surface area contributed by atoms with E-state index >= 15 is 0 Å². The molecule has 0 radical (unpaired) electrons. The summed E-state index contributed by atoms with van der Waals surface area (Å²) in [7, 11) is 0. The summed E-state index contributed by atoms with van der Waals surface area (Å²) in [5.41, 5.74) is 1.50. The second-order valence-corrected chi connectivity index (χ2v) is 5.25. The molecule has 0 saturated carbocycles. The van der Waals surface area contributed by atoms with Crippen LogP contribution in [0.3, 0.4) is 0 Å². The Labute approximate surface area is 147 Å². The van der Waals surface area contributed by atoms with Crippen LogP contribution in [0, 0.1) is 0 Å². The first-order chi connectivity index (χ1) is 12.6. The summed E-state index contributed by atoms with van der Waals surface area (Å²) >= 11 is 0. The second-order valence-electron chi connectivity index (χ2n) is 5.25. The van der Waals surface area contributed by atoms with Gasteiger partial charge in [-0.1, -0.05) is 6.07 Å². The molecular weight excluding hydrogens is 346 g/mol. The molecule has 0 atom stereocenters. The van der Waals surface area contributed by atoms with Crippen LogP contribution < -0.4 is 9.47 Å². The van der Waals surface area contributed by atoms with E-state index in [9.17, 15) is 13.6 Å². The van der Waals surface area contributed by atoms with Crippen molar-refractivity contribution in [2.75, 3.05) is 6.61 Å². The van der Waals surface area contributed by atoms with Crippen LogP contribution in [-0.2, 0) is 11.3 Å². The lowest BCUT2D eigenvalue weighted by Gasteiger charge is -2.12. The number of fused-ring (bicyclic) bond motifs is 1. The summed E-state index contributed by atoms with van der Waals surface area (Å²) in [4.78, 5) is 16.6. The van der Waals surface area contributed by atoms with Crippen molar-refractivity contribution >= 4 is 11.6 Å². The lowest BCUT2D eigenvalue weighted by atomic mass is 10.2. The zero-order valence-electron chi connectivity index (χ0n) is 13.9. The Morgan fingerprint density at radius 1 is 1.23 bits per heavy atom. The van der Waals surface area contributed by atoms with Gasteiger partial charge in [-0.25, -0.2) is 9.78 Å². The van der Waals surface area contributed by atoms with Crippen LogP contribution in [0.15, 0.2) is 48.8 Å². The van der Waals surface area contributed by atoms with Crippen molar-refractivity contribution in [3.8, 4) is 11.5 Å². The van der Waals surface area contributed by atoms with Gasteiger partial charge in [-0.2, -0.15) is 8.78 Å². The highest BCUT2D eigenvalue weighted by atomic mass is 19.3. The van der Waals surface area contributed by atoms with Crippen LogP contribution in [0.5, 0.6) is 11.5 Å². The number of aromatic nitrogens is 2. The topological polar surface area (TPSA) is 62.1 Å². The van der Waals surface area contributed by atoms with Crippen molar-refractivity contribution in [3.63, 3.8) is 0 Å². The number of benzene rings is 1. The number of esters is 1. The largest absolute Gasteiger partial charge is 0.490 e. The number of pyridine rings is 1. The summed E-state index contributed by atoms with van der Waals surface area (Å²) in [6.45, 7) is -1.07. The maximum absolute atomic E-state index is 12.4. The summed E-state index contributed by atoms with van der Waals surface area (Å²) < 4.78 is 41.5. The second kappa shape index (κ2) is 7.81. The van der Waals surface area contributed by atoms with E-state index in [0.717, 1.165) is 5.65 Å². The number of imidazole rings is 1. The van der Waals surface area contributed by atoms with Gasteiger partial charge in [0.05, 0.1) is 17.9 Å². The van der Waals surface area contributed by atoms with E-state index < -0.39 is 12.6 Å². The molecule has 0 fully saturated rings. The van der Waals surface area contributed by atoms with E-state index in [1.165, 1.54) is 18.2 Å². The van der Waals surface area contributed by atoms with Gasteiger partial charge < -0.3 is 18.6 Å². The average molecular weight is 362 g/mol. The van der Waals surface area contributed by atoms with Crippen molar-refractivity contribution in [1.29, 1.82) is 0 Å². The van der Waals surface area contributed by atoms with E-state index in [1.807, 2.05) is 28.8 Å². The summed E-state index contributed by atoms with van der Waals surface area (Å²) in [6, 6.07) is 9.46. The van der Waals surface area contributed by atoms with Gasteiger partial charge in [0.2, 0.25) is 0 Å². The Morgan fingerprint density at radius 2 is 2.08 bits per heavy atom. The molecule has 26 heavy (non-hydrogen) atoms. The van der Waals surface area contributed by atoms with Crippen LogP contribution in [0.25, 0.3) is 5.65 Å². The van der Waals surface area contributed by atoms with Crippen molar-refractivity contribution in [2.45, 2.75) is 20.1 Å². The minimum atomic E-state index is -2.98. The molecule has 0 aliphatic carbocycles. The standard InChI is InChI=1S/C18H16F2N2O4/c1-2-24-15-9-12(6-7-14(15)26-18(19)20)17(23)25-11-13-10-22-8-4-3-5-16(22)21-13/h3-10,18H,2,11H2,1H3. The molecule has 8 heteroatoms. The highest BCUT2D eigenvalue weighted by molar-refractivity contribution is 5.90. The highest BCUT2D eigenvalue weighted by Gasteiger charge is 2.16. The quantitative estimate of drug-likeness (QED) is 0.600. The molecule has 3 aromatic rings. The Kier molecular flexibility index (Phi) is 5.31. The van der Waals surface area contributed by atoms with Gasteiger partial charge in [-0.05, 0) is 37.3 Å². The van der Waals surface area contributed by atoms with Gasteiger partial charge in [-0.3, -0.25) is 0 Å². The minimum absolute atomic E-state index is 0.0141. The fraction of sp³-hybridized carbons (Fsp3) is 0.222. The molecule has 2 aromatic heterocycles. The molecule has 1 aromatic carbocycles. The van der Waals surface area contributed by atoms with E-state index in [0.29, 0.717) is 5.69 Å². The Bertz CT molecular complexity index is 878. The van der Waals surface area contributed by atoms with E-state index in [4.69, 9.17) is 9.47 Å². The molecule has 3 rings (SSSR count).